The Balaban J connectivity index is 1.92. The van der Waals surface area contributed by atoms with E-state index in [1.807, 2.05) is 19.1 Å². The molecule has 0 amide bonds. The molecule has 1 aliphatic heterocycles. The highest BCUT2D eigenvalue weighted by atomic mass is 32.2. The van der Waals surface area contributed by atoms with Gasteiger partial charge in [0, 0.05) is 5.75 Å². The number of rotatable bonds is 3. The maximum absolute atomic E-state index is 11.4. The lowest BCUT2D eigenvalue weighted by Crippen LogP contribution is -2.35. The van der Waals surface area contributed by atoms with E-state index in [-0.39, 0.29) is 17.4 Å². The highest BCUT2D eigenvalue weighted by Gasteiger charge is 2.32. The SMILES string of the molecule is CCOC(=O)[C@@H]1CS[C@@H](c2ccco2)N1. The molecule has 15 heavy (non-hydrogen) atoms. The summed E-state index contributed by atoms with van der Waals surface area (Å²) < 4.78 is 10.2. The zero-order valence-electron chi connectivity index (χ0n) is 8.43. The lowest BCUT2D eigenvalue weighted by Gasteiger charge is -2.10. The van der Waals surface area contributed by atoms with Crippen LogP contribution < -0.4 is 5.32 Å². The molecule has 1 aromatic rings. The van der Waals surface area contributed by atoms with Gasteiger partial charge in [-0.25, -0.2) is 0 Å². The van der Waals surface area contributed by atoms with E-state index in [1.54, 1.807) is 18.0 Å². The Morgan fingerprint density at radius 1 is 1.80 bits per heavy atom. The molecule has 0 radical (unpaired) electrons. The van der Waals surface area contributed by atoms with Crippen molar-refractivity contribution in [1.82, 2.24) is 5.32 Å². The van der Waals surface area contributed by atoms with Crippen LogP contribution in [0.25, 0.3) is 0 Å². The molecule has 0 aliphatic carbocycles. The van der Waals surface area contributed by atoms with Crippen molar-refractivity contribution >= 4 is 17.7 Å². The van der Waals surface area contributed by atoms with Crippen LogP contribution in [0.2, 0.25) is 0 Å². The second-order valence-electron chi connectivity index (χ2n) is 3.20. The van der Waals surface area contributed by atoms with E-state index in [0.29, 0.717) is 6.61 Å². The molecule has 4 nitrogen and oxygen atoms in total. The quantitative estimate of drug-likeness (QED) is 0.794. The number of esters is 1. The summed E-state index contributed by atoms with van der Waals surface area (Å²) in [5.41, 5.74) is 0. The van der Waals surface area contributed by atoms with Gasteiger partial charge < -0.3 is 9.15 Å². The lowest BCUT2D eigenvalue weighted by atomic mass is 10.3. The first-order chi connectivity index (χ1) is 7.31. The third kappa shape index (κ3) is 2.35. The van der Waals surface area contributed by atoms with Crippen LogP contribution in [0.1, 0.15) is 18.1 Å². The second kappa shape index (κ2) is 4.72. The minimum Gasteiger partial charge on any atom is -0.467 e. The number of furan rings is 1. The summed E-state index contributed by atoms with van der Waals surface area (Å²) in [5, 5.41) is 3.24. The molecule has 0 spiro atoms. The Morgan fingerprint density at radius 2 is 2.67 bits per heavy atom. The second-order valence-corrected chi connectivity index (χ2v) is 4.34. The van der Waals surface area contributed by atoms with Crippen molar-refractivity contribution in [1.29, 1.82) is 0 Å². The van der Waals surface area contributed by atoms with E-state index in [4.69, 9.17) is 9.15 Å². The van der Waals surface area contributed by atoms with Gasteiger partial charge >= 0.3 is 5.97 Å². The molecule has 5 heteroatoms. The normalized spacial score (nSPS) is 25.4. The maximum atomic E-state index is 11.4. The van der Waals surface area contributed by atoms with Crippen molar-refractivity contribution in [2.24, 2.45) is 0 Å². The Hall–Kier alpha value is -0.940. The lowest BCUT2D eigenvalue weighted by molar-refractivity contribution is -0.144. The summed E-state index contributed by atoms with van der Waals surface area (Å²) in [6.07, 6.45) is 1.63. The molecule has 0 unspecified atom stereocenters. The van der Waals surface area contributed by atoms with Gasteiger partial charge in [-0.15, -0.1) is 11.8 Å². The van der Waals surface area contributed by atoms with Crippen LogP contribution >= 0.6 is 11.8 Å². The van der Waals surface area contributed by atoms with Gasteiger partial charge in [-0.05, 0) is 19.1 Å². The van der Waals surface area contributed by atoms with Crippen molar-refractivity contribution in [3.63, 3.8) is 0 Å². The zero-order chi connectivity index (χ0) is 10.7. The van der Waals surface area contributed by atoms with Gasteiger partial charge in [-0.1, -0.05) is 0 Å². The molecule has 1 fully saturated rings. The Bertz CT molecular complexity index is 325. The number of nitrogens with one attached hydrogen (secondary N) is 1. The summed E-state index contributed by atoms with van der Waals surface area (Å²) in [6, 6.07) is 3.53. The summed E-state index contributed by atoms with van der Waals surface area (Å²) in [6.45, 7) is 2.23. The van der Waals surface area contributed by atoms with Gasteiger partial charge in [0.15, 0.2) is 0 Å². The monoisotopic (exact) mass is 227 g/mol. The van der Waals surface area contributed by atoms with Crippen molar-refractivity contribution in [3.8, 4) is 0 Å². The summed E-state index contributed by atoms with van der Waals surface area (Å²) in [4.78, 5) is 11.4. The van der Waals surface area contributed by atoms with Crippen molar-refractivity contribution in [3.05, 3.63) is 24.2 Å². The summed E-state index contributed by atoms with van der Waals surface area (Å²) in [5.74, 6) is 1.40. The van der Waals surface area contributed by atoms with E-state index >= 15 is 0 Å². The van der Waals surface area contributed by atoms with Gasteiger partial charge in [0.05, 0.1) is 12.9 Å². The molecule has 2 heterocycles. The van der Waals surface area contributed by atoms with Crippen LogP contribution in [0, 0.1) is 0 Å². The Kier molecular flexibility index (Phi) is 3.33. The van der Waals surface area contributed by atoms with E-state index in [1.165, 1.54) is 0 Å². The predicted octanol–water partition coefficient (Wildman–Crippen LogP) is 1.55. The van der Waals surface area contributed by atoms with E-state index in [2.05, 4.69) is 5.32 Å². The average Bonchev–Trinajstić information content (AvgIpc) is 2.89. The number of thioether (sulfide) groups is 1. The van der Waals surface area contributed by atoms with Crippen LogP contribution in [0.5, 0.6) is 0 Å². The fourth-order valence-corrected chi connectivity index (χ4v) is 2.63. The predicted molar refractivity (Wildman–Crippen MR) is 57.5 cm³/mol. The number of carbonyl (C=O) groups is 1. The van der Waals surface area contributed by atoms with Crippen LogP contribution in [0.3, 0.4) is 0 Å². The zero-order valence-corrected chi connectivity index (χ0v) is 9.25. The summed E-state index contributed by atoms with van der Waals surface area (Å²) in [7, 11) is 0. The van der Waals surface area contributed by atoms with Gasteiger partial charge in [0.2, 0.25) is 0 Å². The third-order valence-corrected chi connectivity index (χ3v) is 3.38. The molecule has 0 saturated carbocycles. The molecule has 1 N–H and O–H groups in total. The van der Waals surface area contributed by atoms with Crippen LogP contribution in [0.15, 0.2) is 22.8 Å². The van der Waals surface area contributed by atoms with Gasteiger partial charge in [-0.2, -0.15) is 0 Å². The van der Waals surface area contributed by atoms with Gasteiger partial charge in [0.25, 0.3) is 0 Å². The molecule has 2 rings (SSSR count). The minimum absolute atomic E-state index is 0.0643. The first kappa shape index (κ1) is 10.6. The highest BCUT2D eigenvalue weighted by Crippen LogP contribution is 2.33. The Labute approximate surface area is 92.4 Å². The molecular formula is C10H13NO3S. The van der Waals surface area contributed by atoms with Crippen molar-refractivity contribution in [2.45, 2.75) is 18.3 Å². The topological polar surface area (TPSA) is 51.5 Å². The van der Waals surface area contributed by atoms with E-state index in [0.717, 1.165) is 11.5 Å². The molecule has 2 atom stereocenters. The average molecular weight is 227 g/mol. The van der Waals surface area contributed by atoms with Crippen molar-refractivity contribution in [2.75, 3.05) is 12.4 Å². The third-order valence-electron chi connectivity index (χ3n) is 2.15. The number of hydrogen-bond donors (Lipinski definition) is 1. The fourth-order valence-electron chi connectivity index (χ4n) is 1.46. The first-order valence-corrected chi connectivity index (χ1v) is 5.94. The molecule has 0 bridgehead atoms. The Morgan fingerprint density at radius 3 is 3.33 bits per heavy atom. The van der Waals surface area contributed by atoms with E-state index < -0.39 is 0 Å². The van der Waals surface area contributed by atoms with Crippen LogP contribution in [0.4, 0.5) is 0 Å². The number of carbonyl (C=O) groups excluding carboxylic acids is 1. The molecular weight excluding hydrogens is 214 g/mol. The summed E-state index contributed by atoms with van der Waals surface area (Å²) >= 11 is 1.66. The molecule has 1 saturated heterocycles. The van der Waals surface area contributed by atoms with Gasteiger partial charge in [-0.3, -0.25) is 10.1 Å². The smallest absolute Gasteiger partial charge is 0.324 e. The molecule has 1 aliphatic rings. The fraction of sp³-hybridized carbons (Fsp3) is 0.500. The number of hydrogen-bond acceptors (Lipinski definition) is 5. The first-order valence-electron chi connectivity index (χ1n) is 4.89. The maximum Gasteiger partial charge on any atom is 0.324 e. The van der Waals surface area contributed by atoms with Crippen molar-refractivity contribution < 1.29 is 13.9 Å². The molecule has 82 valence electrons. The van der Waals surface area contributed by atoms with E-state index in [9.17, 15) is 4.79 Å². The number of ether oxygens (including phenoxy) is 1. The largest absolute Gasteiger partial charge is 0.467 e. The highest BCUT2D eigenvalue weighted by molar-refractivity contribution is 7.99. The molecule has 0 aromatic carbocycles. The standard InChI is InChI=1S/C10H13NO3S/c1-2-13-10(12)7-6-15-9(11-7)8-4-3-5-14-8/h3-5,7,9,11H,2,6H2,1H3/t7-,9-/m0/s1. The van der Waals surface area contributed by atoms with Crippen LogP contribution in [-0.4, -0.2) is 24.4 Å². The molecule has 1 aromatic heterocycles. The van der Waals surface area contributed by atoms with Crippen LogP contribution in [-0.2, 0) is 9.53 Å². The minimum atomic E-state index is -0.218. The van der Waals surface area contributed by atoms with Gasteiger partial charge in [0.1, 0.15) is 17.2 Å².